The number of fused-ring (bicyclic) bond motifs is 1. The summed E-state index contributed by atoms with van der Waals surface area (Å²) in [6, 6.07) is 16.8. The second-order valence-electron chi connectivity index (χ2n) is 6.60. The van der Waals surface area contributed by atoms with Gasteiger partial charge < -0.3 is 9.73 Å². The molecule has 4 aromatic rings. The number of anilines is 1. The van der Waals surface area contributed by atoms with Gasteiger partial charge in [-0.2, -0.15) is 0 Å². The van der Waals surface area contributed by atoms with Crippen molar-refractivity contribution in [1.29, 1.82) is 0 Å². The van der Waals surface area contributed by atoms with Crippen LogP contribution in [-0.4, -0.2) is 10.9 Å². The summed E-state index contributed by atoms with van der Waals surface area (Å²) in [6.45, 7) is 4.05. The van der Waals surface area contributed by atoms with Crippen LogP contribution in [-0.2, 0) is 0 Å². The van der Waals surface area contributed by atoms with E-state index in [1.807, 2.05) is 50.2 Å². The minimum absolute atomic E-state index is 0.246. The highest BCUT2D eigenvalue weighted by molar-refractivity contribution is 14.1. The van der Waals surface area contributed by atoms with Gasteiger partial charge in [-0.25, -0.2) is 4.98 Å². The van der Waals surface area contributed by atoms with Gasteiger partial charge in [0.1, 0.15) is 5.52 Å². The molecule has 0 fully saturated rings. The predicted octanol–water partition coefficient (Wildman–Crippen LogP) is 6.62. The first-order valence-corrected chi connectivity index (χ1v) is 10.1. The summed E-state index contributed by atoms with van der Waals surface area (Å²) < 4.78 is 6.89. The highest BCUT2D eigenvalue weighted by Crippen LogP contribution is 2.28. The van der Waals surface area contributed by atoms with Crippen molar-refractivity contribution in [2.24, 2.45) is 0 Å². The lowest BCUT2D eigenvalue weighted by molar-refractivity contribution is 0.102. The molecule has 0 saturated heterocycles. The second kappa shape index (κ2) is 7.56. The Balaban J connectivity index is 1.58. The lowest BCUT2D eigenvalue weighted by Gasteiger charge is -2.07. The van der Waals surface area contributed by atoms with Crippen LogP contribution in [0, 0.1) is 17.4 Å². The van der Waals surface area contributed by atoms with E-state index in [2.05, 4.69) is 39.0 Å². The zero-order chi connectivity index (χ0) is 19.8. The molecule has 0 aliphatic carbocycles. The van der Waals surface area contributed by atoms with Gasteiger partial charge >= 0.3 is 0 Å². The van der Waals surface area contributed by atoms with Gasteiger partial charge in [-0.1, -0.05) is 17.7 Å². The maximum atomic E-state index is 12.5. The monoisotopic (exact) mass is 502 g/mol. The number of oxazole rings is 1. The normalized spacial score (nSPS) is 11.0. The minimum Gasteiger partial charge on any atom is -0.436 e. The van der Waals surface area contributed by atoms with Crippen molar-refractivity contribution in [2.45, 2.75) is 13.8 Å². The van der Waals surface area contributed by atoms with Crippen LogP contribution in [0.4, 0.5) is 5.69 Å². The largest absolute Gasteiger partial charge is 0.436 e. The van der Waals surface area contributed by atoms with Crippen molar-refractivity contribution in [1.82, 2.24) is 4.98 Å². The fraction of sp³-hybridized carbons (Fsp3) is 0.0909. The topological polar surface area (TPSA) is 55.1 Å². The Labute approximate surface area is 181 Å². The molecule has 0 saturated carbocycles. The smallest absolute Gasteiger partial charge is 0.257 e. The lowest BCUT2D eigenvalue weighted by atomic mass is 10.1. The summed E-state index contributed by atoms with van der Waals surface area (Å²) in [7, 11) is 0. The van der Waals surface area contributed by atoms with Gasteiger partial charge in [-0.05, 0) is 96.1 Å². The molecule has 28 heavy (non-hydrogen) atoms. The Morgan fingerprint density at radius 3 is 2.57 bits per heavy atom. The van der Waals surface area contributed by atoms with E-state index in [1.165, 1.54) is 0 Å². The number of benzene rings is 3. The van der Waals surface area contributed by atoms with E-state index in [4.69, 9.17) is 16.0 Å². The van der Waals surface area contributed by atoms with Crippen molar-refractivity contribution >= 4 is 56.9 Å². The van der Waals surface area contributed by atoms with Crippen LogP contribution in [0.2, 0.25) is 5.02 Å². The number of carbonyl (C=O) groups excluding carboxylic acids is 1. The summed E-state index contributed by atoms with van der Waals surface area (Å²) in [4.78, 5) is 17.1. The highest BCUT2D eigenvalue weighted by atomic mass is 127. The molecule has 1 heterocycles. The third kappa shape index (κ3) is 3.77. The first-order chi connectivity index (χ1) is 13.4. The Hall–Kier alpha value is -2.38. The van der Waals surface area contributed by atoms with Crippen molar-refractivity contribution < 1.29 is 9.21 Å². The van der Waals surface area contributed by atoms with Crippen molar-refractivity contribution in [3.8, 4) is 11.5 Å². The Morgan fingerprint density at radius 2 is 1.82 bits per heavy atom. The van der Waals surface area contributed by atoms with Gasteiger partial charge in [0.05, 0.1) is 10.6 Å². The molecule has 0 atom stereocenters. The van der Waals surface area contributed by atoms with E-state index in [-0.39, 0.29) is 5.91 Å². The molecule has 1 N–H and O–H groups in total. The minimum atomic E-state index is -0.246. The number of halogens is 2. The molecule has 3 aromatic carbocycles. The molecule has 0 aliphatic heterocycles. The number of amides is 1. The predicted molar refractivity (Wildman–Crippen MR) is 121 cm³/mol. The van der Waals surface area contributed by atoms with Crippen molar-refractivity contribution in [2.75, 3.05) is 5.32 Å². The summed E-state index contributed by atoms with van der Waals surface area (Å²) in [5.41, 5.74) is 5.82. The molecular weight excluding hydrogens is 487 g/mol. The number of rotatable bonds is 3. The van der Waals surface area contributed by atoms with Crippen molar-refractivity contribution in [3.05, 3.63) is 79.9 Å². The molecule has 1 aromatic heterocycles. The summed E-state index contributed by atoms with van der Waals surface area (Å²) in [5.74, 6) is 0.312. The molecule has 0 unspecified atom stereocenters. The molecule has 140 valence electrons. The van der Waals surface area contributed by atoms with E-state index in [1.54, 1.807) is 12.1 Å². The number of nitrogens with zero attached hydrogens (tertiary/aromatic N) is 1. The molecule has 6 heteroatoms. The molecule has 0 spiro atoms. The number of nitrogens with one attached hydrogen (secondary N) is 1. The Kier molecular flexibility index (Phi) is 5.12. The zero-order valence-corrected chi connectivity index (χ0v) is 18.1. The van der Waals surface area contributed by atoms with Crippen LogP contribution in [0.1, 0.15) is 21.5 Å². The molecule has 1 amide bonds. The molecule has 4 nitrogen and oxygen atoms in total. The first kappa shape index (κ1) is 19.0. The quantitative estimate of drug-likeness (QED) is 0.320. The highest BCUT2D eigenvalue weighted by Gasteiger charge is 2.13. The van der Waals surface area contributed by atoms with E-state index in [0.717, 1.165) is 31.4 Å². The summed E-state index contributed by atoms with van der Waals surface area (Å²) in [5, 5.41) is 3.29. The van der Waals surface area contributed by atoms with Crippen LogP contribution in [0.5, 0.6) is 0 Å². The van der Waals surface area contributed by atoms with Gasteiger partial charge in [-0.3, -0.25) is 4.79 Å². The maximum Gasteiger partial charge on any atom is 0.257 e. The molecule has 0 bridgehead atoms. The average molecular weight is 503 g/mol. The van der Waals surface area contributed by atoms with E-state index < -0.39 is 0 Å². The number of aromatic nitrogens is 1. The zero-order valence-electron chi connectivity index (χ0n) is 15.2. The van der Waals surface area contributed by atoms with Gasteiger partial charge in [0.25, 0.3) is 5.91 Å². The van der Waals surface area contributed by atoms with E-state index >= 15 is 0 Å². The third-order valence-corrected chi connectivity index (χ3v) is 5.38. The number of carbonyl (C=O) groups is 1. The van der Waals surface area contributed by atoms with Gasteiger partial charge in [0.15, 0.2) is 5.58 Å². The maximum absolute atomic E-state index is 12.5. The van der Waals surface area contributed by atoms with E-state index in [0.29, 0.717) is 22.2 Å². The van der Waals surface area contributed by atoms with Gasteiger partial charge in [0, 0.05) is 14.8 Å². The fourth-order valence-electron chi connectivity index (χ4n) is 3.07. The molecule has 0 aliphatic rings. The molecule has 4 rings (SSSR count). The second-order valence-corrected chi connectivity index (χ2v) is 8.26. The lowest BCUT2D eigenvalue weighted by Crippen LogP contribution is -2.12. The van der Waals surface area contributed by atoms with Crippen LogP contribution < -0.4 is 5.32 Å². The van der Waals surface area contributed by atoms with Crippen LogP contribution in [0.15, 0.2) is 59.0 Å². The SMILES string of the molecule is Cc1cc(C)c2oc(-c3ccc(NC(=O)c4cc(I)ccc4Cl)cc3)nc2c1. The standard InChI is InChI=1S/C22H16ClIN2O2/c1-12-9-13(2)20-19(10-12)26-22(28-20)14-3-6-16(7-4-14)25-21(27)17-11-15(24)5-8-18(17)23/h3-11H,1-2H3,(H,25,27). The molecular formula is C22H16ClIN2O2. The Bertz CT molecular complexity index is 1200. The summed E-state index contributed by atoms with van der Waals surface area (Å²) >= 11 is 8.29. The van der Waals surface area contributed by atoms with E-state index in [9.17, 15) is 4.79 Å². The van der Waals surface area contributed by atoms with Gasteiger partial charge in [0.2, 0.25) is 5.89 Å². The van der Waals surface area contributed by atoms with Gasteiger partial charge in [-0.15, -0.1) is 0 Å². The Morgan fingerprint density at radius 1 is 1.07 bits per heavy atom. The van der Waals surface area contributed by atoms with Crippen LogP contribution >= 0.6 is 34.2 Å². The summed E-state index contributed by atoms with van der Waals surface area (Å²) in [6.07, 6.45) is 0. The third-order valence-electron chi connectivity index (χ3n) is 4.38. The number of aryl methyl sites for hydroxylation is 2. The first-order valence-electron chi connectivity index (χ1n) is 8.65. The molecule has 0 radical (unpaired) electrons. The van der Waals surface area contributed by atoms with Crippen LogP contribution in [0.25, 0.3) is 22.6 Å². The fourth-order valence-corrected chi connectivity index (χ4v) is 3.76. The average Bonchev–Trinajstić information content (AvgIpc) is 3.08. The van der Waals surface area contributed by atoms with Crippen LogP contribution in [0.3, 0.4) is 0 Å². The number of hydrogen-bond donors (Lipinski definition) is 1. The number of hydrogen-bond acceptors (Lipinski definition) is 3. The van der Waals surface area contributed by atoms with Crippen molar-refractivity contribution in [3.63, 3.8) is 0 Å².